The van der Waals surface area contributed by atoms with Crippen LogP contribution in [0.15, 0.2) is 12.2 Å². The molecule has 0 aromatic carbocycles. The molecular weight excluding hydrogens is 248 g/mol. The molecule has 0 aliphatic rings. The summed E-state index contributed by atoms with van der Waals surface area (Å²) in [6, 6.07) is 0. The number of ketones is 1. The van der Waals surface area contributed by atoms with Crippen LogP contribution in [0.25, 0.3) is 0 Å². The molecule has 0 N–H and O–H groups in total. The highest BCUT2D eigenvalue weighted by atomic mass is 79.9. The van der Waals surface area contributed by atoms with Crippen molar-refractivity contribution in [1.82, 2.24) is 0 Å². The van der Waals surface area contributed by atoms with Gasteiger partial charge in [0, 0.05) is 5.57 Å². The van der Waals surface area contributed by atoms with Gasteiger partial charge in [-0.3, -0.25) is 4.79 Å². The highest BCUT2D eigenvalue weighted by Crippen LogP contribution is 2.20. The summed E-state index contributed by atoms with van der Waals surface area (Å²) in [5, 5.41) is 0. The number of esters is 1. The molecule has 0 aliphatic heterocycles. The molecule has 0 aromatic heterocycles. The van der Waals surface area contributed by atoms with Crippen LogP contribution in [0.2, 0.25) is 0 Å². The summed E-state index contributed by atoms with van der Waals surface area (Å²) in [4.78, 5) is 22.7. The van der Waals surface area contributed by atoms with Crippen LogP contribution in [0.1, 0.15) is 27.7 Å². The number of rotatable bonds is 4. The molecule has 0 aliphatic carbocycles. The lowest BCUT2D eigenvalue weighted by molar-refractivity contribution is -0.150. The van der Waals surface area contributed by atoms with Crippen molar-refractivity contribution in [3.8, 4) is 0 Å². The first-order chi connectivity index (χ1) is 6.16. The zero-order valence-electron chi connectivity index (χ0n) is 8.89. The van der Waals surface area contributed by atoms with Crippen LogP contribution >= 0.6 is 15.9 Å². The first-order valence-corrected chi connectivity index (χ1v) is 5.05. The molecule has 80 valence electrons. The van der Waals surface area contributed by atoms with Gasteiger partial charge >= 0.3 is 5.97 Å². The van der Waals surface area contributed by atoms with E-state index in [1.807, 2.05) is 0 Å². The van der Waals surface area contributed by atoms with Crippen molar-refractivity contribution in [2.45, 2.75) is 38.1 Å². The van der Waals surface area contributed by atoms with Crippen molar-refractivity contribution in [2.75, 3.05) is 0 Å². The van der Waals surface area contributed by atoms with Gasteiger partial charge in [0.05, 0.1) is 4.32 Å². The minimum atomic E-state index is -0.756. The molecular formula is C10H15BrO3. The number of carbonyl (C=O) groups is 2. The topological polar surface area (TPSA) is 43.4 Å². The van der Waals surface area contributed by atoms with Gasteiger partial charge in [-0.1, -0.05) is 22.5 Å². The smallest absolute Gasteiger partial charge is 0.333 e. The second kappa shape index (κ2) is 4.73. The summed E-state index contributed by atoms with van der Waals surface area (Å²) in [5.74, 6) is -0.713. The minimum Gasteiger partial charge on any atom is -0.451 e. The van der Waals surface area contributed by atoms with Gasteiger partial charge in [0.25, 0.3) is 0 Å². The summed E-state index contributed by atoms with van der Waals surface area (Å²) in [6.45, 7) is 9.94. The van der Waals surface area contributed by atoms with E-state index in [0.29, 0.717) is 0 Å². The van der Waals surface area contributed by atoms with E-state index >= 15 is 0 Å². The molecule has 0 aromatic rings. The fourth-order valence-electron chi connectivity index (χ4n) is 0.798. The van der Waals surface area contributed by atoms with Crippen molar-refractivity contribution in [1.29, 1.82) is 0 Å². The molecule has 0 saturated carbocycles. The molecule has 0 rings (SSSR count). The van der Waals surface area contributed by atoms with Gasteiger partial charge in [0.15, 0.2) is 11.9 Å². The van der Waals surface area contributed by atoms with E-state index in [-0.39, 0.29) is 11.4 Å². The van der Waals surface area contributed by atoms with Gasteiger partial charge in [0.1, 0.15) is 0 Å². The first kappa shape index (κ1) is 13.4. The van der Waals surface area contributed by atoms with Crippen LogP contribution in [0.3, 0.4) is 0 Å². The zero-order valence-corrected chi connectivity index (χ0v) is 10.5. The molecule has 1 unspecified atom stereocenters. The Balaban J connectivity index is 4.37. The molecule has 3 nitrogen and oxygen atoms in total. The van der Waals surface area contributed by atoms with E-state index in [2.05, 4.69) is 22.5 Å². The highest BCUT2D eigenvalue weighted by molar-refractivity contribution is 9.10. The average molecular weight is 263 g/mol. The van der Waals surface area contributed by atoms with Gasteiger partial charge in [-0.15, -0.1) is 0 Å². The van der Waals surface area contributed by atoms with Crippen LogP contribution in [-0.4, -0.2) is 22.2 Å². The summed E-state index contributed by atoms with van der Waals surface area (Å²) < 4.78 is 4.20. The summed E-state index contributed by atoms with van der Waals surface area (Å²) >= 11 is 3.21. The molecule has 0 spiro atoms. The normalized spacial score (nSPS) is 13.2. The molecule has 0 fully saturated rings. The van der Waals surface area contributed by atoms with E-state index < -0.39 is 16.4 Å². The van der Waals surface area contributed by atoms with Crippen LogP contribution in [-0.2, 0) is 14.3 Å². The maximum atomic E-state index is 11.6. The van der Waals surface area contributed by atoms with Gasteiger partial charge in [-0.25, -0.2) is 4.79 Å². The van der Waals surface area contributed by atoms with Gasteiger partial charge in [0.2, 0.25) is 0 Å². The quantitative estimate of drug-likeness (QED) is 0.444. The predicted molar refractivity (Wildman–Crippen MR) is 58.4 cm³/mol. The summed E-state index contributed by atoms with van der Waals surface area (Å²) in [6.07, 6.45) is -0.756. The van der Waals surface area contributed by atoms with E-state index in [4.69, 9.17) is 4.74 Å². The Morgan fingerprint density at radius 2 is 1.86 bits per heavy atom. The van der Waals surface area contributed by atoms with E-state index in [9.17, 15) is 9.59 Å². The second-order valence-electron chi connectivity index (χ2n) is 3.66. The third-order valence-electron chi connectivity index (χ3n) is 1.59. The number of carbonyl (C=O) groups excluding carboxylic acids is 2. The van der Waals surface area contributed by atoms with Crippen LogP contribution in [0.4, 0.5) is 0 Å². The van der Waals surface area contributed by atoms with Gasteiger partial charge in [-0.2, -0.15) is 0 Å². The summed E-state index contributed by atoms with van der Waals surface area (Å²) in [5.41, 5.74) is 0.289. The fraction of sp³-hybridized carbons (Fsp3) is 0.600. The van der Waals surface area contributed by atoms with E-state index in [1.54, 1.807) is 27.7 Å². The lowest BCUT2D eigenvalue weighted by Crippen LogP contribution is -2.36. The molecule has 0 saturated heterocycles. The summed E-state index contributed by atoms with van der Waals surface area (Å²) in [7, 11) is 0. The first-order valence-electron chi connectivity index (χ1n) is 4.26. The monoisotopic (exact) mass is 262 g/mol. The van der Waals surface area contributed by atoms with Crippen LogP contribution in [0, 0.1) is 0 Å². The van der Waals surface area contributed by atoms with Gasteiger partial charge < -0.3 is 4.74 Å². The number of ether oxygens (including phenoxy) is 1. The minimum absolute atomic E-state index is 0.174. The van der Waals surface area contributed by atoms with Crippen molar-refractivity contribution in [3.05, 3.63) is 12.2 Å². The molecule has 14 heavy (non-hydrogen) atoms. The lowest BCUT2D eigenvalue weighted by Gasteiger charge is -2.20. The zero-order chi connectivity index (χ0) is 11.5. The largest absolute Gasteiger partial charge is 0.451 e. The Morgan fingerprint density at radius 1 is 1.43 bits per heavy atom. The maximum Gasteiger partial charge on any atom is 0.333 e. The Kier molecular flexibility index (Phi) is 4.52. The third kappa shape index (κ3) is 4.05. The van der Waals surface area contributed by atoms with Crippen LogP contribution in [0.5, 0.6) is 0 Å². The lowest BCUT2D eigenvalue weighted by atomic mass is 10.1. The Bertz CT molecular complexity index is 263. The Morgan fingerprint density at radius 3 is 2.14 bits per heavy atom. The number of hydrogen-bond donors (Lipinski definition) is 0. The predicted octanol–water partition coefficient (Wildman–Crippen LogP) is 2.24. The second-order valence-corrected chi connectivity index (χ2v) is 5.65. The SMILES string of the molecule is C=C(C)C(=O)OC(C)C(=O)C(C)(C)Br. The highest BCUT2D eigenvalue weighted by Gasteiger charge is 2.30. The Hall–Kier alpha value is -0.640. The average Bonchev–Trinajstić information content (AvgIpc) is 2.00. The van der Waals surface area contributed by atoms with Crippen molar-refractivity contribution in [2.24, 2.45) is 0 Å². The Labute approximate surface area is 92.6 Å². The van der Waals surface area contributed by atoms with Crippen molar-refractivity contribution in [3.63, 3.8) is 0 Å². The fourth-order valence-corrected chi connectivity index (χ4v) is 1.12. The van der Waals surface area contributed by atoms with Crippen LogP contribution < -0.4 is 0 Å². The molecule has 0 heterocycles. The number of halogens is 1. The number of alkyl halides is 1. The van der Waals surface area contributed by atoms with Gasteiger partial charge in [-0.05, 0) is 27.7 Å². The van der Waals surface area contributed by atoms with Crippen molar-refractivity contribution < 1.29 is 14.3 Å². The van der Waals surface area contributed by atoms with E-state index in [0.717, 1.165) is 0 Å². The number of hydrogen-bond acceptors (Lipinski definition) is 3. The molecule has 4 heteroatoms. The molecule has 0 radical (unpaired) electrons. The molecule has 0 amide bonds. The molecule has 0 bridgehead atoms. The van der Waals surface area contributed by atoms with Crippen molar-refractivity contribution >= 4 is 27.7 Å². The maximum absolute atomic E-state index is 11.6. The third-order valence-corrected chi connectivity index (χ3v) is 1.98. The number of Topliss-reactive ketones (excluding diaryl/α,β-unsaturated/α-hetero) is 1. The molecule has 1 atom stereocenters. The van der Waals surface area contributed by atoms with E-state index in [1.165, 1.54) is 0 Å². The standard InChI is InChI=1S/C10H15BrO3/c1-6(2)9(13)14-7(3)8(12)10(4,5)11/h7H,1H2,2-5H3.